The third-order valence-electron chi connectivity index (χ3n) is 5.37. The van der Waals surface area contributed by atoms with E-state index in [0.29, 0.717) is 17.1 Å². The molecule has 3 nitrogen and oxygen atoms in total. The maximum absolute atomic E-state index is 11.0. The van der Waals surface area contributed by atoms with Crippen molar-refractivity contribution in [1.82, 2.24) is 9.88 Å². The molecule has 2 N–H and O–H groups in total. The highest BCUT2D eigenvalue weighted by Gasteiger charge is 2.44. The fourth-order valence-electron chi connectivity index (χ4n) is 3.93. The molecule has 0 saturated carbocycles. The molecule has 0 spiro atoms. The number of aromatic amines is 1. The van der Waals surface area contributed by atoms with E-state index in [2.05, 4.69) is 33.9 Å². The summed E-state index contributed by atoms with van der Waals surface area (Å²) in [5, 5.41) is 11.0. The van der Waals surface area contributed by atoms with E-state index in [1.807, 2.05) is 30.3 Å². The van der Waals surface area contributed by atoms with Crippen molar-refractivity contribution in [2.45, 2.75) is 24.9 Å². The van der Waals surface area contributed by atoms with Crippen molar-refractivity contribution in [2.75, 3.05) is 19.6 Å². The predicted octanol–water partition coefficient (Wildman–Crippen LogP) is 3.14. The molecule has 2 bridgehead atoms. The van der Waals surface area contributed by atoms with Crippen LogP contribution in [0.1, 0.15) is 29.7 Å². The Morgan fingerprint density at radius 2 is 1.92 bits per heavy atom. The molecule has 25 heavy (non-hydrogen) atoms. The molecule has 0 aliphatic carbocycles. The topological polar surface area (TPSA) is 39.3 Å². The summed E-state index contributed by atoms with van der Waals surface area (Å²) in [6.45, 7) is 2.85. The van der Waals surface area contributed by atoms with E-state index in [1.54, 1.807) is 0 Å². The van der Waals surface area contributed by atoms with E-state index < -0.39 is 5.60 Å². The summed E-state index contributed by atoms with van der Waals surface area (Å²) in [6.07, 6.45) is 2.84. The van der Waals surface area contributed by atoms with Crippen molar-refractivity contribution in [3.8, 4) is 11.8 Å². The first kappa shape index (κ1) is 16.5. The van der Waals surface area contributed by atoms with Gasteiger partial charge in [-0.3, -0.25) is 4.90 Å². The van der Waals surface area contributed by atoms with Crippen LogP contribution in [-0.4, -0.2) is 40.2 Å². The Labute approximate surface area is 153 Å². The van der Waals surface area contributed by atoms with Crippen molar-refractivity contribution in [3.63, 3.8) is 0 Å². The summed E-state index contributed by atoms with van der Waals surface area (Å²) in [7, 11) is 0. The van der Waals surface area contributed by atoms with Crippen LogP contribution in [-0.2, 0) is 6.42 Å². The Balaban J connectivity index is 1.64. The number of nitrogens with zero attached hydrogens (tertiary/aromatic N) is 1. The lowest BCUT2D eigenvalue weighted by molar-refractivity contribution is -0.0713. The molecule has 4 heteroatoms. The predicted molar refractivity (Wildman–Crippen MR) is 102 cm³/mol. The van der Waals surface area contributed by atoms with Crippen LogP contribution in [0.4, 0.5) is 0 Å². The van der Waals surface area contributed by atoms with Gasteiger partial charge in [-0.05, 0) is 43.6 Å². The summed E-state index contributed by atoms with van der Waals surface area (Å²) in [4.78, 5) is 5.60. The zero-order valence-electron chi connectivity index (χ0n) is 14.2. The van der Waals surface area contributed by atoms with Crippen molar-refractivity contribution in [2.24, 2.45) is 5.92 Å². The Morgan fingerprint density at radius 1 is 1.16 bits per heavy atom. The maximum atomic E-state index is 11.0. The SMILES string of the molecule is OC1(C#Cc2ccc(=S)[nH]c2Cc2ccccc2)CN2CCC1CC2. The molecule has 0 radical (unpaired) electrons. The second-order valence-corrected chi connectivity index (χ2v) is 7.54. The second kappa shape index (κ2) is 6.76. The van der Waals surface area contributed by atoms with Crippen LogP contribution in [0.15, 0.2) is 42.5 Å². The smallest absolute Gasteiger partial charge is 0.141 e. The molecule has 1 unspecified atom stereocenters. The zero-order chi connectivity index (χ0) is 17.3. The largest absolute Gasteiger partial charge is 0.376 e. The zero-order valence-corrected chi connectivity index (χ0v) is 15.0. The number of fused-ring (bicyclic) bond motifs is 3. The highest BCUT2D eigenvalue weighted by molar-refractivity contribution is 7.71. The van der Waals surface area contributed by atoms with Gasteiger partial charge in [0.05, 0.1) is 0 Å². The Hall–Kier alpha value is -1.93. The van der Waals surface area contributed by atoms with Gasteiger partial charge in [-0.1, -0.05) is 54.4 Å². The summed E-state index contributed by atoms with van der Waals surface area (Å²) in [5.41, 5.74) is 2.26. The number of rotatable bonds is 2. The highest BCUT2D eigenvalue weighted by atomic mass is 32.1. The van der Waals surface area contributed by atoms with Gasteiger partial charge >= 0.3 is 0 Å². The lowest BCUT2D eigenvalue weighted by atomic mass is 9.75. The lowest BCUT2D eigenvalue weighted by Crippen LogP contribution is -2.58. The molecule has 2 aromatic rings. The van der Waals surface area contributed by atoms with E-state index in [1.165, 1.54) is 5.56 Å². The second-order valence-electron chi connectivity index (χ2n) is 7.10. The fourth-order valence-corrected chi connectivity index (χ4v) is 4.12. The molecular formula is C21H22N2OS. The minimum absolute atomic E-state index is 0.296. The summed E-state index contributed by atoms with van der Waals surface area (Å²) in [5.74, 6) is 6.75. The van der Waals surface area contributed by atoms with Crippen molar-refractivity contribution in [1.29, 1.82) is 0 Å². The average molecular weight is 350 g/mol. The molecule has 1 aromatic heterocycles. The molecule has 3 saturated heterocycles. The number of H-pyrrole nitrogens is 1. The molecule has 3 fully saturated rings. The first-order chi connectivity index (χ1) is 12.1. The number of hydrogen-bond donors (Lipinski definition) is 2. The normalized spacial score (nSPS) is 27.6. The lowest BCUT2D eigenvalue weighted by Gasteiger charge is -2.47. The van der Waals surface area contributed by atoms with Crippen molar-refractivity contribution >= 4 is 12.2 Å². The van der Waals surface area contributed by atoms with E-state index >= 15 is 0 Å². The number of benzene rings is 1. The maximum Gasteiger partial charge on any atom is 0.141 e. The monoisotopic (exact) mass is 350 g/mol. The quantitative estimate of drug-likeness (QED) is 0.646. The third kappa shape index (κ3) is 3.55. The van der Waals surface area contributed by atoms with E-state index in [0.717, 1.165) is 43.6 Å². The minimum atomic E-state index is -0.882. The molecule has 1 atom stereocenters. The number of aliphatic hydroxyl groups is 1. The Kier molecular flexibility index (Phi) is 4.47. The molecule has 4 heterocycles. The van der Waals surface area contributed by atoms with Crippen LogP contribution in [0.2, 0.25) is 0 Å². The van der Waals surface area contributed by atoms with E-state index in [9.17, 15) is 5.11 Å². The molecule has 128 valence electrons. The fraction of sp³-hybridized carbons (Fsp3) is 0.381. The summed E-state index contributed by atoms with van der Waals surface area (Å²) < 4.78 is 0.707. The van der Waals surface area contributed by atoms with Crippen LogP contribution < -0.4 is 0 Å². The standard InChI is InChI=1S/C21H22N2OS/c24-21(15-23-12-9-18(21)10-13-23)11-8-17-6-7-20(25)22-19(17)14-16-4-2-1-3-5-16/h1-7,18,24H,9-10,12-15H2,(H,22,25). The van der Waals surface area contributed by atoms with E-state index in [-0.39, 0.29) is 0 Å². The van der Waals surface area contributed by atoms with Crippen LogP contribution in [0.3, 0.4) is 0 Å². The molecule has 3 aliphatic heterocycles. The van der Waals surface area contributed by atoms with Crippen LogP contribution in [0, 0.1) is 22.4 Å². The van der Waals surface area contributed by atoms with Gasteiger partial charge in [-0.25, -0.2) is 0 Å². The molecule has 1 aromatic carbocycles. The van der Waals surface area contributed by atoms with Crippen molar-refractivity contribution in [3.05, 3.63) is 63.9 Å². The van der Waals surface area contributed by atoms with Gasteiger partial charge in [-0.2, -0.15) is 0 Å². The van der Waals surface area contributed by atoms with Gasteiger partial charge in [0.25, 0.3) is 0 Å². The first-order valence-corrected chi connectivity index (χ1v) is 9.27. The van der Waals surface area contributed by atoms with Crippen LogP contribution in [0.25, 0.3) is 0 Å². The molecular weight excluding hydrogens is 328 g/mol. The van der Waals surface area contributed by atoms with Crippen molar-refractivity contribution < 1.29 is 5.11 Å². The van der Waals surface area contributed by atoms with Gasteiger partial charge in [-0.15, -0.1) is 0 Å². The number of piperidine rings is 3. The Bertz CT molecular complexity index is 872. The number of pyridine rings is 1. The van der Waals surface area contributed by atoms with Gasteiger partial charge in [0.15, 0.2) is 0 Å². The molecule has 3 aliphatic rings. The third-order valence-corrected chi connectivity index (χ3v) is 5.60. The first-order valence-electron chi connectivity index (χ1n) is 8.86. The summed E-state index contributed by atoms with van der Waals surface area (Å²) in [6, 6.07) is 14.1. The number of hydrogen-bond acceptors (Lipinski definition) is 3. The van der Waals surface area contributed by atoms with Gasteiger partial charge in [0.1, 0.15) is 10.2 Å². The molecule has 0 amide bonds. The highest BCUT2D eigenvalue weighted by Crippen LogP contribution is 2.35. The van der Waals surface area contributed by atoms with Crippen LogP contribution >= 0.6 is 12.2 Å². The van der Waals surface area contributed by atoms with E-state index in [4.69, 9.17) is 12.2 Å². The van der Waals surface area contributed by atoms with Gasteiger partial charge in [0.2, 0.25) is 0 Å². The summed E-state index contributed by atoms with van der Waals surface area (Å²) >= 11 is 5.29. The average Bonchev–Trinajstić information content (AvgIpc) is 2.63. The molecule has 5 rings (SSSR count). The van der Waals surface area contributed by atoms with Gasteiger partial charge in [0, 0.05) is 30.1 Å². The number of aromatic nitrogens is 1. The Morgan fingerprint density at radius 3 is 2.60 bits per heavy atom. The van der Waals surface area contributed by atoms with Gasteiger partial charge < -0.3 is 10.1 Å². The van der Waals surface area contributed by atoms with Crippen LogP contribution in [0.5, 0.6) is 0 Å². The number of nitrogens with one attached hydrogen (secondary N) is 1. The minimum Gasteiger partial charge on any atom is -0.376 e.